The monoisotopic (exact) mass is 265 g/mol. The maximum absolute atomic E-state index is 9.82. The van der Waals surface area contributed by atoms with Gasteiger partial charge in [0.1, 0.15) is 5.75 Å². The molecule has 0 radical (unpaired) electrons. The zero-order chi connectivity index (χ0) is 13.5. The number of nitrogens with one attached hydrogen (secondary N) is 1. The van der Waals surface area contributed by atoms with E-state index in [9.17, 15) is 5.11 Å². The first-order chi connectivity index (χ1) is 9.84. The molecule has 0 bridgehead atoms. The summed E-state index contributed by atoms with van der Waals surface area (Å²) in [4.78, 5) is 0. The van der Waals surface area contributed by atoms with E-state index in [0.717, 1.165) is 6.54 Å². The number of rotatable bonds is 1. The molecule has 1 saturated heterocycles. The molecule has 3 atom stereocenters. The summed E-state index contributed by atoms with van der Waals surface area (Å²) in [5.41, 5.74) is 4.08. The van der Waals surface area contributed by atoms with Gasteiger partial charge in [-0.2, -0.15) is 0 Å². The Labute approximate surface area is 119 Å². The molecule has 0 aromatic heterocycles. The van der Waals surface area contributed by atoms with Crippen molar-refractivity contribution in [3.05, 3.63) is 65.2 Å². The van der Waals surface area contributed by atoms with Gasteiger partial charge in [-0.3, -0.25) is 0 Å². The Morgan fingerprint density at radius 1 is 1.00 bits per heavy atom. The van der Waals surface area contributed by atoms with E-state index < -0.39 is 0 Å². The quantitative estimate of drug-likeness (QED) is 0.826. The summed E-state index contributed by atoms with van der Waals surface area (Å²) in [6, 6.07) is 17.1. The van der Waals surface area contributed by atoms with Crippen molar-refractivity contribution in [2.45, 2.75) is 24.8 Å². The highest BCUT2D eigenvalue weighted by molar-refractivity contribution is 5.49. The number of phenolic OH excluding ortho intramolecular Hbond substituents is 1. The molecule has 1 aliphatic carbocycles. The Hall–Kier alpha value is -1.80. The fourth-order valence-electron chi connectivity index (χ4n) is 4.05. The lowest BCUT2D eigenvalue weighted by Crippen LogP contribution is -2.32. The molecule has 2 aromatic carbocycles. The molecular weight excluding hydrogens is 246 g/mol. The summed E-state index contributed by atoms with van der Waals surface area (Å²) >= 11 is 0. The van der Waals surface area contributed by atoms with Gasteiger partial charge >= 0.3 is 0 Å². The van der Waals surface area contributed by atoms with E-state index in [1.54, 1.807) is 0 Å². The van der Waals surface area contributed by atoms with Crippen LogP contribution in [0.15, 0.2) is 48.5 Å². The van der Waals surface area contributed by atoms with Gasteiger partial charge in [0.25, 0.3) is 0 Å². The lowest BCUT2D eigenvalue weighted by atomic mass is 9.80. The van der Waals surface area contributed by atoms with E-state index in [1.165, 1.54) is 29.5 Å². The fourth-order valence-corrected chi connectivity index (χ4v) is 4.05. The van der Waals surface area contributed by atoms with Crippen LogP contribution in [0.25, 0.3) is 0 Å². The summed E-state index contributed by atoms with van der Waals surface area (Å²) < 4.78 is 0. The first kappa shape index (κ1) is 12.0. The van der Waals surface area contributed by atoms with Crippen LogP contribution < -0.4 is 5.32 Å². The van der Waals surface area contributed by atoms with Crippen LogP contribution in [0.2, 0.25) is 0 Å². The van der Waals surface area contributed by atoms with Gasteiger partial charge < -0.3 is 10.4 Å². The van der Waals surface area contributed by atoms with E-state index in [1.807, 2.05) is 12.1 Å². The van der Waals surface area contributed by atoms with Crippen LogP contribution in [0.3, 0.4) is 0 Å². The average Bonchev–Trinajstić information content (AvgIpc) is 2.82. The van der Waals surface area contributed by atoms with Gasteiger partial charge in [0.05, 0.1) is 0 Å². The molecule has 2 heteroatoms. The summed E-state index contributed by atoms with van der Waals surface area (Å²) in [5, 5.41) is 13.5. The summed E-state index contributed by atoms with van der Waals surface area (Å²) in [6.07, 6.45) is 2.50. The third-order valence-corrected chi connectivity index (χ3v) is 4.83. The van der Waals surface area contributed by atoms with Gasteiger partial charge in [-0.15, -0.1) is 0 Å². The number of hydrogen-bond donors (Lipinski definition) is 2. The van der Waals surface area contributed by atoms with E-state index >= 15 is 0 Å². The Balaban J connectivity index is 1.86. The van der Waals surface area contributed by atoms with Gasteiger partial charge in [-0.05, 0) is 54.1 Å². The number of benzene rings is 2. The van der Waals surface area contributed by atoms with Crippen LogP contribution in [-0.4, -0.2) is 11.7 Å². The Kier molecular flexibility index (Phi) is 2.78. The van der Waals surface area contributed by atoms with Crippen LogP contribution in [0.1, 0.15) is 41.5 Å². The minimum atomic E-state index is 0.378. The Morgan fingerprint density at radius 3 is 2.70 bits per heavy atom. The molecule has 4 rings (SSSR count). The molecule has 1 heterocycles. The molecule has 2 nitrogen and oxygen atoms in total. The second-order valence-corrected chi connectivity index (χ2v) is 5.94. The van der Waals surface area contributed by atoms with E-state index in [-0.39, 0.29) is 0 Å². The van der Waals surface area contributed by atoms with Gasteiger partial charge in [-0.25, -0.2) is 0 Å². The predicted molar refractivity (Wildman–Crippen MR) is 79.9 cm³/mol. The predicted octanol–water partition coefficient (Wildman–Crippen LogP) is 3.58. The van der Waals surface area contributed by atoms with Crippen LogP contribution >= 0.6 is 0 Å². The van der Waals surface area contributed by atoms with Crippen molar-refractivity contribution in [1.82, 2.24) is 5.32 Å². The molecule has 1 fully saturated rings. The molecule has 2 N–H and O–H groups in total. The highest BCUT2D eigenvalue weighted by Gasteiger charge is 2.42. The molecule has 0 amide bonds. The average molecular weight is 265 g/mol. The first-order valence-corrected chi connectivity index (χ1v) is 7.46. The second kappa shape index (κ2) is 4.64. The highest BCUT2D eigenvalue weighted by Crippen LogP contribution is 2.52. The zero-order valence-corrected chi connectivity index (χ0v) is 11.4. The SMILES string of the molecule is Oc1ccc2c(c1)C1NCCCC1C2c1ccccc1. The second-order valence-electron chi connectivity index (χ2n) is 5.94. The molecule has 1 aliphatic heterocycles. The number of piperidine rings is 1. The van der Waals surface area contributed by atoms with Gasteiger partial charge in [0, 0.05) is 12.0 Å². The van der Waals surface area contributed by atoms with E-state index in [2.05, 4.69) is 41.7 Å². The van der Waals surface area contributed by atoms with Crippen molar-refractivity contribution in [3.63, 3.8) is 0 Å². The minimum Gasteiger partial charge on any atom is -0.508 e. The van der Waals surface area contributed by atoms with Crippen LogP contribution in [0.4, 0.5) is 0 Å². The van der Waals surface area contributed by atoms with Crippen molar-refractivity contribution in [2.75, 3.05) is 6.54 Å². The largest absolute Gasteiger partial charge is 0.508 e. The van der Waals surface area contributed by atoms with Gasteiger partial charge in [0.2, 0.25) is 0 Å². The number of hydrogen-bond acceptors (Lipinski definition) is 2. The number of aromatic hydroxyl groups is 1. The Bertz CT molecular complexity index is 623. The Morgan fingerprint density at radius 2 is 1.85 bits per heavy atom. The molecule has 20 heavy (non-hydrogen) atoms. The molecule has 0 saturated carbocycles. The molecular formula is C18H19NO. The normalized spacial score (nSPS) is 27.9. The lowest BCUT2D eigenvalue weighted by molar-refractivity contribution is 0.286. The smallest absolute Gasteiger partial charge is 0.115 e. The van der Waals surface area contributed by atoms with Crippen molar-refractivity contribution in [2.24, 2.45) is 5.92 Å². The van der Waals surface area contributed by atoms with Gasteiger partial charge in [0.15, 0.2) is 0 Å². The number of phenols is 1. The first-order valence-electron chi connectivity index (χ1n) is 7.46. The molecule has 102 valence electrons. The molecule has 2 aliphatic rings. The zero-order valence-electron chi connectivity index (χ0n) is 11.4. The van der Waals surface area contributed by atoms with Crippen LogP contribution in [0, 0.1) is 5.92 Å². The van der Waals surface area contributed by atoms with Crippen LogP contribution in [0.5, 0.6) is 5.75 Å². The number of fused-ring (bicyclic) bond motifs is 3. The standard InChI is InChI=1S/C18H19NO/c20-13-8-9-14-16(11-13)18-15(7-4-10-19-18)17(14)12-5-2-1-3-6-12/h1-3,5-6,8-9,11,15,17-20H,4,7,10H2. The third kappa shape index (κ3) is 1.75. The van der Waals surface area contributed by atoms with Crippen molar-refractivity contribution in [1.29, 1.82) is 0 Å². The van der Waals surface area contributed by atoms with Gasteiger partial charge in [-0.1, -0.05) is 36.4 Å². The molecule has 0 spiro atoms. The minimum absolute atomic E-state index is 0.378. The fraction of sp³-hybridized carbons (Fsp3) is 0.333. The summed E-state index contributed by atoms with van der Waals surface area (Å²) in [5.74, 6) is 1.45. The van der Waals surface area contributed by atoms with Crippen molar-refractivity contribution < 1.29 is 5.11 Å². The van der Waals surface area contributed by atoms with E-state index in [4.69, 9.17) is 0 Å². The summed E-state index contributed by atoms with van der Waals surface area (Å²) in [6.45, 7) is 1.08. The summed E-state index contributed by atoms with van der Waals surface area (Å²) in [7, 11) is 0. The van der Waals surface area contributed by atoms with Crippen LogP contribution in [-0.2, 0) is 0 Å². The molecule has 2 aromatic rings. The third-order valence-electron chi connectivity index (χ3n) is 4.83. The highest BCUT2D eigenvalue weighted by atomic mass is 16.3. The van der Waals surface area contributed by atoms with Crippen molar-refractivity contribution in [3.8, 4) is 5.75 Å². The lowest BCUT2D eigenvalue weighted by Gasteiger charge is -2.31. The van der Waals surface area contributed by atoms with E-state index in [0.29, 0.717) is 23.6 Å². The maximum Gasteiger partial charge on any atom is 0.115 e. The topological polar surface area (TPSA) is 32.3 Å². The maximum atomic E-state index is 9.82. The molecule has 3 unspecified atom stereocenters. The van der Waals surface area contributed by atoms with Crippen molar-refractivity contribution >= 4 is 0 Å².